The first-order valence-corrected chi connectivity index (χ1v) is 8.29. The second kappa shape index (κ2) is 8.52. The molecule has 0 saturated carbocycles. The maximum atomic E-state index is 12.1. The molecule has 0 unspecified atom stereocenters. The van der Waals surface area contributed by atoms with Crippen LogP contribution in [0.15, 0.2) is 55.1 Å². The van der Waals surface area contributed by atoms with Crippen molar-refractivity contribution in [2.45, 2.75) is 6.92 Å². The van der Waals surface area contributed by atoms with Gasteiger partial charge in [-0.3, -0.25) is 35.5 Å². The molecule has 0 saturated heterocycles. The van der Waals surface area contributed by atoms with Gasteiger partial charge in [-0.1, -0.05) is 12.1 Å². The number of ketones is 1. The maximum Gasteiger partial charge on any atom is 0.355 e. The van der Waals surface area contributed by atoms with Gasteiger partial charge in [-0.2, -0.15) is 0 Å². The number of carbonyl (C=O) groups excluding carboxylic acids is 2. The van der Waals surface area contributed by atoms with Crippen LogP contribution in [-0.2, 0) is 0 Å². The zero-order valence-electron chi connectivity index (χ0n) is 15.1. The Hall–Kier alpha value is -4.41. The largest absolute Gasteiger partial charge is 0.355 e. The summed E-state index contributed by atoms with van der Waals surface area (Å²) < 4.78 is 0. The Morgan fingerprint density at radius 3 is 2.45 bits per heavy atom. The lowest BCUT2D eigenvalue weighted by molar-refractivity contribution is -0.383. The molecule has 11 nitrogen and oxygen atoms in total. The summed E-state index contributed by atoms with van der Waals surface area (Å²) in [5.41, 5.74) is 5.49. The van der Waals surface area contributed by atoms with E-state index in [1.165, 1.54) is 31.5 Å². The molecular weight excluding hydrogens is 378 g/mol. The van der Waals surface area contributed by atoms with Crippen molar-refractivity contribution in [3.63, 3.8) is 0 Å². The number of hydrogen-bond donors (Lipinski definition) is 3. The minimum absolute atomic E-state index is 0.105. The van der Waals surface area contributed by atoms with Crippen molar-refractivity contribution in [3.05, 3.63) is 76.4 Å². The van der Waals surface area contributed by atoms with Crippen molar-refractivity contribution in [2.24, 2.45) is 0 Å². The molecular formula is C18H15N7O4. The molecule has 11 heteroatoms. The van der Waals surface area contributed by atoms with Gasteiger partial charge in [0.2, 0.25) is 11.6 Å². The number of anilines is 3. The first-order chi connectivity index (χ1) is 14.0. The van der Waals surface area contributed by atoms with E-state index in [4.69, 9.17) is 0 Å². The molecule has 3 aromatic rings. The normalized spacial score (nSPS) is 10.1. The molecule has 0 aliphatic heterocycles. The van der Waals surface area contributed by atoms with E-state index in [-0.39, 0.29) is 17.4 Å². The summed E-state index contributed by atoms with van der Waals surface area (Å²) in [6.45, 7) is 1.42. The Kier molecular flexibility index (Phi) is 5.69. The van der Waals surface area contributed by atoms with Gasteiger partial charge in [0.05, 0.1) is 4.92 Å². The van der Waals surface area contributed by atoms with Gasteiger partial charge >= 0.3 is 5.69 Å². The third-order valence-electron chi connectivity index (χ3n) is 3.77. The lowest BCUT2D eigenvalue weighted by atomic mass is 10.1. The first-order valence-electron chi connectivity index (χ1n) is 8.29. The Labute approximate surface area is 164 Å². The maximum absolute atomic E-state index is 12.1. The molecule has 3 N–H and O–H groups in total. The van der Waals surface area contributed by atoms with Crippen LogP contribution in [0.1, 0.15) is 27.6 Å². The average molecular weight is 393 g/mol. The van der Waals surface area contributed by atoms with Crippen LogP contribution in [0.4, 0.5) is 23.0 Å². The van der Waals surface area contributed by atoms with Crippen molar-refractivity contribution in [2.75, 3.05) is 10.7 Å². The van der Waals surface area contributed by atoms with E-state index in [1.807, 2.05) is 0 Å². The lowest BCUT2D eigenvalue weighted by Gasteiger charge is -2.11. The molecule has 29 heavy (non-hydrogen) atoms. The van der Waals surface area contributed by atoms with E-state index in [0.717, 1.165) is 6.33 Å². The molecule has 0 bridgehead atoms. The monoisotopic (exact) mass is 393 g/mol. The van der Waals surface area contributed by atoms with Crippen molar-refractivity contribution in [1.29, 1.82) is 0 Å². The minimum Gasteiger partial charge on any atom is -0.334 e. The van der Waals surface area contributed by atoms with E-state index in [9.17, 15) is 19.7 Å². The van der Waals surface area contributed by atoms with Crippen molar-refractivity contribution in [1.82, 2.24) is 20.4 Å². The summed E-state index contributed by atoms with van der Waals surface area (Å²) in [6, 6.07) is 9.42. The number of Topliss-reactive ketones (excluding diaryl/α,β-unsaturated/α-hetero) is 1. The summed E-state index contributed by atoms with van der Waals surface area (Å²) in [5.74, 6) is -0.986. The van der Waals surface area contributed by atoms with E-state index in [0.29, 0.717) is 16.8 Å². The highest BCUT2D eigenvalue weighted by molar-refractivity contribution is 5.95. The number of nitrogens with zero attached hydrogens (tertiary/aromatic N) is 4. The number of pyridine rings is 1. The fraction of sp³-hybridized carbons (Fsp3) is 0.0556. The highest BCUT2D eigenvalue weighted by Gasteiger charge is 2.24. The van der Waals surface area contributed by atoms with E-state index < -0.39 is 16.5 Å². The number of carbonyl (C=O) groups is 2. The van der Waals surface area contributed by atoms with Crippen molar-refractivity contribution in [3.8, 4) is 0 Å². The van der Waals surface area contributed by atoms with E-state index in [2.05, 4.69) is 31.1 Å². The van der Waals surface area contributed by atoms with Crippen LogP contribution in [0, 0.1) is 10.1 Å². The molecule has 2 aromatic heterocycles. The van der Waals surface area contributed by atoms with Gasteiger partial charge in [-0.25, -0.2) is 9.97 Å². The van der Waals surface area contributed by atoms with Crippen LogP contribution in [0.3, 0.4) is 0 Å². The molecule has 0 aliphatic rings. The highest BCUT2D eigenvalue weighted by Crippen LogP contribution is 2.30. The fourth-order valence-corrected chi connectivity index (χ4v) is 2.38. The first kappa shape index (κ1) is 19.4. The molecule has 1 amide bonds. The smallest absolute Gasteiger partial charge is 0.334 e. The number of nitrogens with one attached hydrogen (secondary N) is 3. The molecule has 0 radical (unpaired) electrons. The topological polar surface area (TPSA) is 152 Å². The van der Waals surface area contributed by atoms with Crippen LogP contribution < -0.4 is 16.2 Å². The Morgan fingerprint density at radius 1 is 1.03 bits per heavy atom. The van der Waals surface area contributed by atoms with Crippen LogP contribution in [0.5, 0.6) is 0 Å². The molecule has 0 spiro atoms. The van der Waals surface area contributed by atoms with E-state index in [1.54, 1.807) is 24.3 Å². The number of rotatable bonds is 7. The summed E-state index contributed by atoms with van der Waals surface area (Å²) in [5, 5.41) is 14.4. The summed E-state index contributed by atoms with van der Waals surface area (Å²) >= 11 is 0. The van der Waals surface area contributed by atoms with Crippen LogP contribution in [0.2, 0.25) is 0 Å². The zero-order chi connectivity index (χ0) is 20.8. The molecule has 1 aromatic carbocycles. The molecule has 0 aliphatic carbocycles. The van der Waals surface area contributed by atoms with Gasteiger partial charge < -0.3 is 5.32 Å². The molecule has 2 heterocycles. The third-order valence-corrected chi connectivity index (χ3v) is 3.77. The molecule has 146 valence electrons. The van der Waals surface area contributed by atoms with Gasteiger partial charge in [0, 0.05) is 29.2 Å². The Morgan fingerprint density at radius 2 is 1.76 bits per heavy atom. The Balaban J connectivity index is 1.84. The van der Waals surface area contributed by atoms with Crippen molar-refractivity contribution >= 4 is 34.7 Å². The van der Waals surface area contributed by atoms with Crippen LogP contribution >= 0.6 is 0 Å². The summed E-state index contributed by atoms with van der Waals surface area (Å²) in [4.78, 5) is 46.1. The predicted octanol–water partition coefficient (Wildman–Crippen LogP) is 2.48. The Bertz CT molecular complexity index is 1070. The van der Waals surface area contributed by atoms with Gasteiger partial charge in [0.1, 0.15) is 6.33 Å². The summed E-state index contributed by atoms with van der Waals surface area (Å²) in [7, 11) is 0. The predicted molar refractivity (Wildman–Crippen MR) is 104 cm³/mol. The minimum atomic E-state index is -0.682. The summed E-state index contributed by atoms with van der Waals surface area (Å²) in [6.07, 6.45) is 3.99. The number of amides is 1. The quantitative estimate of drug-likeness (QED) is 0.312. The van der Waals surface area contributed by atoms with Gasteiger partial charge in [-0.15, -0.1) is 0 Å². The number of nitro groups is 1. The second-order valence-corrected chi connectivity index (χ2v) is 5.75. The number of aromatic nitrogens is 3. The van der Waals surface area contributed by atoms with Gasteiger partial charge in [-0.05, 0) is 31.2 Å². The lowest BCUT2D eigenvalue weighted by Crippen LogP contribution is -2.30. The van der Waals surface area contributed by atoms with Gasteiger partial charge in [0.15, 0.2) is 5.78 Å². The zero-order valence-corrected chi connectivity index (χ0v) is 15.1. The van der Waals surface area contributed by atoms with Crippen LogP contribution in [0.25, 0.3) is 0 Å². The SMILES string of the molecule is CC(=O)c1cccc(Nc2ncnc(NNC(=O)c3ccncc3)c2[N+](=O)[O-])c1. The fourth-order valence-electron chi connectivity index (χ4n) is 2.38. The molecule has 0 fully saturated rings. The highest BCUT2D eigenvalue weighted by atomic mass is 16.6. The van der Waals surface area contributed by atoms with Crippen LogP contribution in [-0.4, -0.2) is 31.6 Å². The molecule has 0 atom stereocenters. The molecule has 3 rings (SSSR count). The number of hydrogen-bond acceptors (Lipinski definition) is 9. The standard InChI is InChI=1S/C18H15N7O4/c1-11(26)13-3-2-4-14(9-13)22-16-15(25(28)29)17(21-10-20-16)23-24-18(27)12-5-7-19-8-6-12/h2-10H,1H3,(H,24,27)(H2,20,21,22,23). The number of benzene rings is 1. The second-order valence-electron chi connectivity index (χ2n) is 5.75. The number of hydrazine groups is 1. The van der Waals surface area contributed by atoms with Gasteiger partial charge in [0.25, 0.3) is 5.91 Å². The van der Waals surface area contributed by atoms with Crippen molar-refractivity contribution < 1.29 is 14.5 Å². The van der Waals surface area contributed by atoms with E-state index >= 15 is 0 Å². The average Bonchev–Trinajstić information content (AvgIpc) is 2.72. The third kappa shape index (κ3) is 4.66.